The molecule has 1 fully saturated rings. The Balaban J connectivity index is 2.49. The van der Waals surface area contributed by atoms with E-state index in [1.807, 2.05) is 0 Å². The van der Waals surface area contributed by atoms with Crippen molar-refractivity contribution in [3.63, 3.8) is 0 Å². The molecule has 3 heteroatoms. The summed E-state index contributed by atoms with van der Waals surface area (Å²) in [4.78, 5) is 12.8. The minimum atomic E-state index is -0.285. The monoisotopic (exact) mass is 167 g/mol. The van der Waals surface area contributed by atoms with Gasteiger partial charge < -0.3 is 4.74 Å². The normalized spacial score (nSPS) is 26.2. The number of ether oxygens (including phenoxy) is 1. The lowest BCUT2D eigenvalue weighted by molar-refractivity contribution is 0.134. The molecular formula is C9H13NO2. The molecule has 0 aromatic rings. The highest BCUT2D eigenvalue weighted by molar-refractivity contribution is 5.73. The Kier molecular flexibility index (Phi) is 2.53. The van der Waals surface area contributed by atoms with Crippen LogP contribution in [0.3, 0.4) is 0 Å². The number of carbonyl (C=O) groups excluding carboxylic acids is 1. The summed E-state index contributed by atoms with van der Waals surface area (Å²) in [5.41, 5.74) is 0. The van der Waals surface area contributed by atoms with Gasteiger partial charge in [-0.15, -0.1) is 13.2 Å². The minimum absolute atomic E-state index is 0.0848. The van der Waals surface area contributed by atoms with Crippen LogP contribution < -0.4 is 0 Å². The molecule has 1 amide bonds. The van der Waals surface area contributed by atoms with Gasteiger partial charge in [-0.1, -0.05) is 12.2 Å². The highest BCUT2D eigenvalue weighted by Crippen LogP contribution is 2.30. The number of hydrogen-bond donors (Lipinski definition) is 0. The summed E-state index contributed by atoms with van der Waals surface area (Å²) in [5, 5.41) is 0. The van der Waals surface area contributed by atoms with Crippen LogP contribution in [-0.2, 0) is 4.74 Å². The molecule has 0 aliphatic carbocycles. The van der Waals surface area contributed by atoms with E-state index < -0.39 is 0 Å². The summed E-state index contributed by atoms with van der Waals surface area (Å²) < 4.78 is 4.82. The standard InChI is InChI=1S/C9H13NO2/c1-4-7-8(5-2)10(7)9(11)12-6-3/h4-5,7-8H,1-2,6H2,3H3/t7-,8+,10?. The fourth-order valence-electron chi connectivity index (χ4n) is 1.22. The third kappa shape index (κ3) is 1.35. The first-order valence-electron chi connectivity index (χ1n) is 3.96. The van der Waals surface area contributed by atoms with Crippen molar-refractivity contribution in [1.82, 2.24) is 4.90 Å². The van der Waals surface area contributed by atoms with Crippen LogP contribution in [0.15, 0.2) is 25.3 Å². The molecule has 12 heavy (non-hydrogen) atoms. The van der Waals surface area contributed by atoms with Gasteiger partial charge in [0.1, 0.15) is 0 Å². The largest absolute Gasteiger partial charge is 0.450 e. The van der Waals surface area contributed by atoms with Crippen LogP contribution in [0.5, 0.6) is 0 Å². The highest BCUT2D eigenvalue weighted by Gasteiger charge is 2.47. The molecule has 0 unspecified atom stereocenters. The van der Waals surface area contributed by atoms with E-state index in [9.17, 15) is 4.79 Å². The van der Waals surface area contributed by atoms with Gasteiger partial charge in [0.2, 0.25) is 0 Å². The molecule has 1 saturated heterocycles. The topological polar surface area (TPSA) is 29.3 Å². The second-order valence-electron chi connectivity index (χ2n) is 2.56. The van der Waals surface area contributed by atoms with Crippen molar-refractivity contribution < 1.29 is 9.53 Å². The predicted molar refractivity (Wildman–Crippen MR) is 46.8 cm³/mol. The Bertz CT molecular complexity index is 199. The molecule has 0 N–H and O–H groups in total. The van der Waals surface area contributed by atoms with Gasteiger partial charge in [-0.3, -0.25) is 4.90 Å². The van der Waals surface area contributed by atoms with Crippen molar-refractivity contribution in [2.45, 2.75) is 19.0 Å². The molecule has 0 spiro atoms. The van der Waals surface area contributed by atoms with Gasteiger partial charge in [-0.25, -0.2) is 4.79 Å². The van der Waals surface area contributed by atoms with E-state index in [0.717, 1.165) is 0 Å². The second kappa shape index (κ2) is 3.43. The molecule has 0 saturated carbocycles. The number of carbonyl (C=O) groups is 1. The van der Waals surface area contributed by atoms with Crippen LogP contribution in [0.4, 0.5) is 4.79 Å². The maximum atomic E-state index is 11.2. The van der Waals surface area contributed by atoms with Gasteiger partial charge >= 0.3 is 6.09 Å². The molecule has 1 aliphatic heterocycles. The molecule has 0 aromatic heterocycles. The summed E-state index contributed by atoms with van der Waals surface area (Å²) >= 11 is 0. The SMILES string of the molecule is C=C[C@@H]1[C@H](C=C)N1C(=O)OCC. The summed E-state index contributed by atoms with van der Waals surface area (Å²) in [5.74, 6) is 0. The smallest absolute Gasteiger partial charge is 0.410 e. The number of amides is 1. The summed E-state index contributed by atoms with van der Waals surface area (Å²) in [6, 6.07) is 0.170. The van der Waals surface area contributed by atoms with E-state index in [4.69, 9.17) is 4.74 Å². The summed E-state index contributed by atoms with van der Waals surface area (Å²) in [6.45, 7) is 9.42. The Morgan fingerprint density at radius 3 is 2.33 bits per heavy atom. The average Bonchev–Trinajstić information content (AvgIpc) is 2.77. The van der Waals surface area contributed by atoms with Gasteiger partial charge in [0.15, 0.2) is 0 Å². The lowest BCUT2D eigenvalue weighted by Crippen LogP contribution is -2.15. The van der Waals surface area contributed by atoms with Crippen LogP contribution in [0.25, 0.3) is 0 Å². The molecule has 66 valence electrons. The average molecular weight is 167 g/mol. The maximum absolute atomic E-state index is 11.2. The summed E-state index contributed by atoms with van der Waals surface area (Å²) in [6.07, 6.45) is 3.17. The number of rotatable bonds is 3. The van der Waals surface area contributed by atoms with Crippen molar-refractivity contribution in [2.24, 2.45) is 0 Å². The van der Waals surface area contributed by atoms with E-state index in [0.29, 0.717) is 6.61 Å². The third-order valence-corrected chi connectivity index (χ3v) is 1.86. The van der Waals surface area contributed by atoms with E-state index in [2.05, 4.69) is 13.2 Å². The lowest BCUT2D eigenvalue weighted by atomic mass is 10.3. The van der Waals surface area contributed by atoms with Crippen LogP contribution in [0, 0.1) is 0 Å². The second-order valence-corrected chi connectivity index (χ2v) is 2.56. The third-order valence-electron chi connectivity index (χ3n) is 1.86. The molecular weight excluding hydrogens is 154 g/mol. The highest BCUT2D eigenvalue weighted by atomic mass is 16.6. The van der Waals surface area contributed by atoms with Crippen molar-refractivity contribution in [2.75, 3.05) is 6.61 Å². The quantitative estimate of drug-likeness (QED) is 0.471. The molecule has 1 heterocycles. The number of hydrogen-bond acceptors (Lipinski definition) is 2. The van der Waals surface area contributed by atoms with Crippen molar-refractivity contribution >= 4 is 6.09 Å². The van der Waals surface area contributed by atoms with E-state index in [-0.39, 0.29) is 18.2 Å². The molecule has 0 bridgehead atoms. The van der Waals surface area contributed by atoms with Gasteiger partial charge in [0.25, 0.3) is 0 Å². The fourth-order valence-corrected chi connectivity index (χ4v) is 1.22. The van der Waals surface area contributed by atoms with E-state index >= 15 is 0 Å². The van der Waals surface area contributed by atoms with Gasteiger partial charge in [0.05, 0.1) is 18.7 Å². The molecule has 3 nitrogen and oxygen atoms in total. The zero-order valence-corrected chi connectivity index (χ0v) is 7.19. The molecule has 2 atom stereocenters. The van der Waals surface area contributed by atoms with Crippen molar-refractivity contribution in [3.8, 4) is 0 Å². The first-order chi connectivity index (χ1) is 5.76. The van der Waals surface area contributed by atoms with Crippen LogP contribution in [0.2, 0.25) is 0 Å². The minimum Gasteiger partial charge on any atom is -0.450 e. The Morgan fingerprint density at radius 2 is 2.00 bits per heavy atom. The Labute approximate surface area is 72.3 Å². The van der Waals surface area contributed by atoms with Crippen LogP contribution in [0.1, 0.15) is 6.92 Å². The zero-order chi connectivity index (χ0) is 9.14. The molecule has 0 aromatic carbocycles. The van der Waals surface area contributed by atoms with Crippen LogP contribution in [-0.4, -0.2) is 29.7 Å². The van der Waals surface area contributed by atoms with Crippen molar-refractivity contribution in [3.05, 3.63) is 25.3 Å². The Morgan fingerprint density at radius 1 is 1.50 bits per heavy atom. The van der Waals surface area contributed by atoms with Crippen molar-refractivity contribution in [1.29, 1.82) is 0 Å². The fraction of sp³-hybridized carbons (Fsp3) is 0.444. The number of nitrogens with zero attached hydrogens (tertiary/aromatic N) is 1. The van der Waals surface area contributed by atoms with Gasteiger partial charge in [-0.05, 0) is 6.92 Å². The zero-order valence-electron chi connectivity index (χ0n) is 7.19. The van der Waals surface area contributed by atoms with E-state index in [1.165, 1.54) is 0 Å². The van der Waals surface area contributed by atoms with Crippen LogP contribution >= 0.6 is 0 Å². The van der Waals surface area contributed by atoms with Gasteiger partial charge in [-0.2, -0.15) is 0 Å². The molecule has 1 rings (SSSR count). The van der Waals surface area contributed by atoms with Gasteiger partial charge in [0, 0.05) is 0 Å². The lowest BCUT2D eigenvalue weighted by Gasteiger charge is -2.01. The molecule has 1 aliphatic rings. The predicted octanol–water partition coefficient (Wildman–Crippen LogP) is 1.57. The van der Waals surface area contributed by atoms with E-state index in [1.54, 1.807) is 24.0 Å². The Hall–Kier alpha value is -1.25. The maximum Gasteiger partial charge on any atom is 0.410 e. The summed E-state index contributed by atoms with van der Waals surface area (Å²) in [7, 11) is 0. The first kappa shape index (κ1) is 8.84. The first-order valence-corrected chi connectivity index (χ1v) is 3.96. The molecule has 0 radical (unpaired) electrons.